The Morgan fingerprint density at radius 1 is 1.38 bits per heavy atom. The number of carbonyl (C=O) groups excluding carboxylic acids is 1. The molecule has 1 amide bonds. The molecule has 16 heavy (non-hydrogen) atoms. The molecule has 1 unspecified atom stereocenters. The highest BCUT2D eigenvalue weighted by Crippen LogP contribution is 2.15. The number of nitrogens with two attached hydrogens (primary N) is 1. The number of amides is 1. The minimum absolute atomic E-state index is 0.0674. The third-order valence-corrected chi connectivity index (χ3v) is 3.13. The van der Waals surface area contributed by atoms with E-state index in [2.05, 4.69) is 19.2 Å². The lowest BCUT2D eigenvalue weighted by molar-refractivity contribution is 0.0883. The molecule has 1 rings (SSSR count). The molecule has 0 saturated carbocycles. The number of hydrogen-bond donors (Lipinski definition) is 2. The summed E-state index contributed by atoms with van der Waals surface area (Å²) in [7, 11) is 0. The first-order chi connectivity index (χ1) is 7.49. The van der Waals surface area contributed by atoms with E-state index >= 15 is 0 Å². The van der Waals surface area contributed by atoms with E-state index in [4.69, 9.17) is 5.73 Å². The van der Waals surface area contributed by atoms with Gasteiger partial charge in [-0.3, -0.25) is 4.79 Å². The van der Waals surface area contributed by atoms with Crippen molar-refractivity contribution in [3.8, 4) is 0 Å². The maximum atomic E-state index is 12.0. The fraction of sp³-hybridized carbons (Fsp3) is 0.462. The van der Waals surface area contributed by atoms with E-state index in [1.165, 1.54) is 0 Å². The lowest BCUT2D eigenvalue weighted by Crippen LogP contribution is -2.55. The first kappa shape index (κ1) is 12.7. The summed E-state index contributed by atoms with van der Waals surface area (Å²) in [4.78, 5) is 12.0. The van der Waals surface area contributed by atoms with Crippen molar-refractivity contribution in [2.75, 3.05) is 6.54 Å². The van der Waals surface area contributed by atoms with Crippen molar-refractivity contribution in [3.63, 3.8) is 0 Å². The summed E-state index contributed by atoms with van der Waals surface area (Å²) < 4.78 is 0. The highest BCUT2D eigenvalue weighted by atomic mass is 16.1. The van der Waals surface area contributed by atoms with Gasteiger partial charge in [-0.25, -0.2) is 0 Å². The van der Waals surface area contributed by atoms with Crippen LogP contribution in [0.25, 0.3) is 0 Å². The Bertz CT molecular complexity index is 348. The van der Waals surface area contributed by atoms with Crippen LogP contribution in [0.5, 0.6) is 0 Å². The maximum Gasteiger partial charge on any atom is 0.251 e. The van der Waals surface area contributed by atoms with Crippen LogP contribution in [-0.4, -0.2) is 18.0 Å². The first-order valence-electron chi connectivity index (χ1n) is 5.57. The molecule has 3 N–H and O–H groups in total. The molecule has 0 spiro atoms. The van der Waals surface area contributed by atoms with Crippen LogP contribution in [0.15, 0.2) is 30.3 Å². The van der Waals surface area contributed by atoms with Gasteiger partial charge in [0.2, 0.25) is 0 Å². The predicted octanol–water partition coefficient (Wildman–Crippen LogP) is 1.79. The zero-order valence-electron chi connectivity index (χ0n) is 10.2. The second kappa shape index (κ2) is 5.12. The molecule has 0 aromatic heterocycles. The summed E-state index contributed by atoms with van der Waals surface area (Å²) in [6.07, 6.45) is 0. The van der Waals surface area contributed by atoms with Crippen LogP contribution in [0.1, 0.15) is 31.1 Å². The van der Waals surface area contributed by atoms with Crippen molar-refractivity contribution in [3.05, 3.63) is 35.9 Å². The van der Waals surface area contributed by atoms with Gasteiger partial charge in [0.1, 0.15) is 0 Å². The van der Waals surface area contributed by atoms with Gasteiger partial charge in [0.25, 0.3) is 5.91 Å². The van der Waals surface area contributed by atoms with Crippen molar-refractivity contribution >= 4 is 5.91 Å². The number of benzene rings is 1. The molecule has 0 aliphatic heterocycles. The third-order valence-electron chi connectivity index (χ3n) is 3.13. The Balaban J connectivity index is 2.78. The van der Waals surface area contributed by atoms with Gasteiger partial charge in [-0.2, -0.15) is 0 Å². The van der Waals surface area contributed by atoms with Crippen molar-refractivity contribution in [1.29, 1.82) is 0 Å². The van der Waals surface area contributed by atoms with E-state index in [0.29, 0.717) is 18.0 Å². The largest absolute Gasteiger partial charge is 0.345 e. The second-order valence-electron chi connectivity index (χ2n) is 4.60. The average molecular weight is 220 g/mol. The van der Waals surface area contributed by atoms with Crippen LogP contribution < -0.4 is 11.1 Å². The quantitative estimate of drug-likeness (QED) is 0.812. The minimum atomic E-state index is -0.354. The van der Waals surface area contributed by atoms with Gasteiger partial charge in [0.15, 0.2) is 0 Å². The fourth-order valence-electron chi connectivity index (χ4n) is 1.35. The zero-order chi connectivity index (χ0) is 12.2. The Hall–Kier alpha value is -1.35. The molecule has 3 heteroatoms. The summed E-state index contributed by atoms with van der Waals surface area (Å²) in [6, 6.07) is 9.19. The number of nitrogens with one attached hydrogen (secondary N) is 1. The zero-order valence-corrected chi connectivity index (χ0v) is 10.2. The highest BCUT2D eigenvalue weighted by Gasteiger charge is 2.28. The van der Waals surface area contributed by atoms with Crippen molar-refractivity contribution in [2.24, 2.45) is 11.7 Å². The van der Waals surface area contributed by atoms with E-state index in [9.17, 15) is 4.79 Å². The van der Waals surface area contributed by atoms with E-state index in [0.717, 1.165) is 0 Å². The number of hydrogen-bond acceptors (Lipinski definition) is 2. The van der Waals surface area contributed by atoms with E-state index in [1.54, 1.807) is 12.1 Å². The summed E-state index contributed by atoms with van der Waals surface area (Å²) in [6.45, 7) is 6.51. The number of rotatable bonds is 4. The molecule has 0 saturated heterocycles. The fourth-order valence-corrected chi connectivity index (χ4v) is 1.35. The molecule has 0 aliphatic carbocycles. The first-order valence-corrected chi connectivity index (χ1v) is 5.57. The maximum absolute atomic E-state index is 12.0. The second-order valence-corrected chi connectivity index (χ2v) is 4.60. The lowest BCUT2D eigenvalue weighted by atomic mass is 9.88. The normalized spacial score (nSPS) is 14.6. The Kier molecular flexibility index (Phi) is 4.07. The molecule has 3 nitrogen and oxygen atoms in total. The molecule has 88 valence electrons. The van der Waals surface area contributed by atoms with Crippen LogP contribution in [0, 0.1) is 5.92 Å². The van der Waals surface area contributed by atoms with Gasteiger partial charge in [0, 0.05) is 12.1 Å². The summed E-state index contributed by atoms with van der Waals surface area (Å²) >= 11 is 0. The van der Waals surface area contributed by atoms with E-state index in [-0.39, 0.29) is 11.4 Å². The molecule has 0 heterocycles. The molecule has 0 radical (unpaired) electrons. The molecule has 1 aromatic rings. The Labute approximate surface area is 97.0 Å². The molecule has 0 bridgehead atoms. The molecule has 0 aliphatic rings. The van der Waals surface area contributed by atoms with Crippen LogP contribution in [0.4, 0.5) is 0 Å². The van der Waals surface area contributed by atoms with Gasteiger partial charge in [0.05, 0.1) is 5.54 Å². The van der Waals surface area contributed by atoms with Gasteiger partial charge < -0.3 is 11.1 Å². The van der Waals surface area contributed by atoms with Gasteiger partial charge >= 0.3 is 0 Å². The van der Waals surface area contributed by atoms with Crippen molar-refractivity contribution < 1.29 is 4.79 Å². The van der Waals surface area contributed by atoms with Crippen LogP contribution in [0.3, 0.4) is 0 Å². The number of carbonyl (C=O) groups is 1. The molecule has 1 aromatic carbocycles. The standard InChI is InChI=1S/C13H20N2O/c1-10(2)13(3,9-14)15-12(16)11-7-5-4-6-8-11/h4-8,10H,9,14H2,1-3H3,(H,15,16). The van der Waals surface area contributed by atoms with Gasteiger partial charge in [-0.15, -0.1) is 0 Å². The van der Waals surface area contributed by atoms with E-state index in [1.807, 2.05) is 25.1 Å². The van der Waals surface area contributed by atoms with Crippen molar-refractivity contribution in [1.82, 2.24) is 5.32 Å². The van der Waals surface area contributed by atoms with Crippen LogP contribution in [-0.2, 0) is 0 Å². The summed E-state index contributed by atoms with van der Waals surface area (Å²) in [5.74, 6) is 0.229. The van der Waals surface area contributed by atoms with Crippen LogP contribution >= 0.6 is 0 Å². The lowest BCUT2D eigenvalue weighted by Gasteiger charge is -2.33. The Morgan fingerprint density at radius 3 is 2.38 bits per heavy atom. The van der Waals surface area contributed by atoms with E-state index < -0.39 is 0 Å². The topological polar surface area (TPSA) is 55.1 Å². The van der Waals surface area contributed by atoms with Crippen LogP contribution in [0.2, 0.25) is 0 Å². The van der Waals surface area contributed by atoms with Gasteiger partial charge in [-0.1, -0.05) is 32.0 Å². The predicted molar refractivity (Wildman–Crippen MR) is 66.2 cm³/mol. The molecular weight excluding hydrogens is 200 g/mol. The monoisotopic (exact) mass is 220 g/mol. The molecular formula is C13H20N2O. The summed E-state index contributed by atoms with van der Waals surface area (Å²) in [5.41, 5.74) is 6.03. The molecule has 0 fully saturated rings. The highest BCUT2D eigenvalue weighted by molar-refractivity contribution is 5.94. The average Bonchev–Trinajstić information content (AvgIpc) is 2.29. The minimum Gasteiger partial charge on any atom is -0.345 e. The van der Waals surface area contributed by atoms with Gasteiger partial charge in [-0.05, 0) is 25.0 Å². The third kappa shape index (κ3) is 2.83. The Morgan fingerprint density at radius 2 is 1.94 bits per heavy atom. The van der Waals surface area contributed by atoms with Crippen molar-refractivity contribution in [2.45, 2.75) is 26.3 Å². The smallest absolute Gasteiger partial charge is 0.251 e. The summed E-state index contributed by atoms with van der Waals surface area (Å²) in [5, 5.41) is 2.99. The SMILES string of the molecule is CC(C)C(C)(CN)NC(=O)c1ccccc1. The molecule has 1 atom stereocenters.